The number of aryl methyl sites for hydroxylation is 2. The van der Waals surface area contributed by atoms with Gasteiger partial charge in [0.1, 0.15) is 5.82 Å². The van der Waals surface area contributed by atoms with E-state index in [2.05, 4.69) is 26.1 Å². The quantitative estimate of drug-likeness (QED) is 0.787. The Balaban J connectivity index is 1.39. The smallest absolute Gasteiger partial charge is 0.355 e. The Morgan fingerprint density at radius 3 is 2.71 bits per heavy atom. The first kappa shape index (κ1) is 17.7. The second kappa shape index (κ2) is 6.60. The monoisotopic (exact) mass is 389 g/mol. The van der Waals surface area contributed by atoms with Gasteiger partial charge in [-0.2, -0.15) is 18.3 Å². The van der Waals surface area contributed by atoms with Crippen LogP contribution in [0.1, 0.15) is 36.1 Å². The van der Waals surface area contributed by atoms with Crippen molar-refractivity contribution in [2.45, 2.75) is 44.3 Å². The van der Waals surface area contributed by atoms with E-state index in [4.69, 9.17) is 0 Å². The number of rotatable bonds is 2. The largest absolute Gasteiger partial charge is 0.416 e. The number of hydrogen-bond acceptors (Lipinski definition) is 5. The molecule has 2 aliphatic heterocycles. The van der Waals surface area contributed by atoms with Gasteiger partial charge in [-0.25, -0.2) is 4.98 Å². The molecule has 2 atom stereocenters. The number of hydrogen-bond donors (Lipinski definition) is 0. The number of fused-ring (bicyclic) bond motifs is 2. The fourth-order valence-corrected chi connectivity index (χ4v) is 4.86. The molecule has 4 heterocycles. The predicted octanol–water partition coefficient (Wildman–Crippen LogP) is 3.48. The molecule has 148 valence electrons. The normalized spacial score (nSPS) is 24.4. The SMILES string of the molecule is FC(F)(F)c1ccnc(N2CCC3CCN(c4cc5c(nn4)CCC5)C3C2)c1. The van der Waals surface area contributed by atoms with Crippen molar-refractivity contribution in [3.05, 3.63) is 41.2 Å². The van der Waals surface area contributed by atoms with Crippen molar-refractivity contribution in [2.24, 2.45) is 5.92 Å². The van der Waals surface area contributed by atoms with E-state index in [1.54, 1.807) is 0 Å². The molecule has 2 unspecified atom stereocenters. The summed E-state index contributed by atoms with van der Waals surface area (Å²) in [6.45, 7) is 2.32. The molecule has 3 aliphatic rings. The molecule has 2 aromatic rings. The summed E-state index contributed by atoms with van der Waals surface area (Å²) >= 11 is 0. The zero-order chi connectivity index (χ0) is 19.3. The summed E-state index contributed by atoms with van der Waals surface area (Å²) in [6, 6.07) is 4.59. The number of aromatic nitrogens is 3. The predicted molar refractivity (Wildman–Crippen MR) is 99.4 cm³/mol. The number of halogens is 3. The van der Waals surface area contributed by atoms with Crippen molar-refractivity contribution < 1.29 is 13.2 Å². The number of anilines is 2. The molecule has 2 aromatic heterocycles. The van der Waals surface area contributed by atoms with Crippen LogP contribution in [-0.2, 0) is 19.0 Å². The Morgan fingerprint density at radius 2 is 1.86 bits per heavy atom. The molecule has 0 aromatic carbocycles. The lowest BCUT2D eigenvalue weighted by Gasteiger charge is -2.39. The third-order valence-corrected chi connectivity index (χ3v) is 6.36. The van der Waals surface area contributed by atoms with Crippen LogP contribution in [0, 0.1) is 5.92 Å². The molecular formula is C20H22F3N5. The number of pyridine rings is 1. The summed E-state index contributed by atoms with van der Waals surface area (Å²) in [5.41, 5.74) is 1.76. The first-order valence-corrected chi connectivity index (χ1v) is 9.89. The lowest BCUT2D eigenvalue weighted by Crippen LogP contribution is -2.49. The van der Waals surface area contributed by atoms with Crippen molar-refractivity contribution in [3.8, 4) is 0 Å². The molecule has 0 N–H and O–H groups in total. The minimum absolute atomic E-state index is 0.235. The van der Waals surface area contributed by atoms with E-state index < -0.39 is 11.7 Å². The van der Waals surface area contributed by atoms with Crippen LogP contribution in [0.5, 0.6) is 0 Å². The highest BCUT2D eigenvalue weighted by molar-refractivity contribution is 5.48. The minimum Gasteiger partial charge on any atom is -0.355 e. The van der Waals surface area contributed by atoms with Gasteiger partial charge in [-0.05, 0) is 61.8 Å². The zero-order valence-corrected chi connectivity index (χ0v) is 15.5. The summed E-state index contributed by atoms with van der Waals surface area (Å²) in [4.78, 5) is 8.50. The highest BCUT2D eigenvalue weighted by Crippen LogP contribution is 2.37. The van der Waals surface area contributed by atoms with Gasteiger partial charge in [0, 0.05) is 25.8 Å². The van der Waals surface area contributed by atoms with Gasteiger partial charge in [0.2, 0.25) is 0 Å². The maximum atomic E-state index is 13.1. The molecule has 5 nitrogen and oxygen atoms in total. The van der Waals surface area contributed by atoms with Crippen molar-refractivity contribution in [2.75, 3.05) is 29.4 Å². The van der Waals surface area contributed by atoms with Gasteiger partial charge < -0.3 is 9.80 Å². The van der Waals surface area contributed by atoms with Crippen molar-refractivity contribution in [1.29, 1.82) is 0 Å². The third-order valence-electron chi connectivity index (χ3n) is 6.36. The van der Waals surface area contributed by atoms with Gasteiger partial charge in [0.15, 0.2) is 5.82 Å². The third kappa shape index (κ3) is 3.08. The van der Waals surface area contributed by atoms with E-state index in [1.165, 1.54) is 11.8 Å². The second-order valence-electron chi connectivity index (χ2n) is 7.97. The molecule has 8 heteroatoms. The molecule has 0 bridgehead atoms. The standard InChI is InChI=1S/C20H22F3N5/c21-20(22,23)15-4-7-24-18(11-15)27-8-5-13-6-9-28(17(13)12-27)19-10-14-2-1-3-16(14)25-26-19/h4,7,10-11,13,17H,1-3,5-6,8-9,12H2. The van der Waals surface area contributed by atoms with E-state index in [1.807, 2.05) is 4.90 Å². The van der Waals surface area contributed by atoms with Crippen LogP contribution < -0.4 is 9.80 Å². The topological polar surface area (TPSA) is 45.2 Å². The first-order chi connectivity index (χ1) is 13.5. The van der Waals surface area contributed by atoms with Crippen LogP contribution in [0.25, 0.3) is 0 Å². The molecular weight excluding hydrogens is 367 g/mol. The molecule has 2 fully saturated rings. The zero-order valence-electron chi connectivity index (χ0n) is 15.5. The van der Waals surface area contributed by atoms with E-state index in [0.717, 1.165) is 68.8 Å². The Hall–Kier alpha value is -2.38. The Bertz CT molecular complexity index is 884. The molecule has 0 spiro atoms. The summed E-state index contributed by atoms with van der Waals surface area (Å²) in [5.74, 6) is 1.85. The van der Waals surface area contributed by atoms with E-state index in [-0.39, 0.29) is 6.04 Å². The van der Waals surface area contributed by atoms with Crippen molar-refractivity contribution >= 4 is 11.6 Å². The fourth-order valence-electron chi connectivity index (χ4n) is 4.86. The van der Waals surface area contributed by atoms with Gasteiger partial charge in [-0.15, -0.1) is 5.10 Å². The Labute approximate surface area is 161 Å². The van der Waals surface area contributed by atoms with Crippen molar-refractivity contribution in [3.63, 3.8) is 0 Å². The van der Waals surface area contributed by atoms with Crippen LogP contribution in [0.3, 0.4) is 0 Å². The van der Waals surface area contributed by atoms with Crippen LogP contribution in [0.15, 0.2) is 24.4 Å². The number of nitrogens with zero attached hydrogens (tertiary/aromatic N) is 5. The van der Waals surface area contributed by atoms with Gasteiger partial charge in [0.25, 0.3) is 0 Å². The average molecular weight is 389 g/mol. The minimum atomic E-state index is -4.35. The molecule has 2 saturated heterocycles. The summed E-state index contributed by atoms with van der Waals surface area (Å²) < 4.78 is 39.2. The van der Waals surface area contributed by atoms with Crippen LogP contribution in [0.2, 0.25) is 0 Å². The summed E-state index contributed by atoms with van der Waals surface area (Å²) in [6.07, 6.45) is 2.14. The first-order valence-electron chi connectivity index (χ1n) is 9.89. The maximum Gasteiger partial charge on any atom is 0.416 e. The number of alkyl halides is 3. The average Bonchev–Trinajstić information content (AvgIpc) is 3.33. The van der Waals surface area contributed by atoms with Crippen molar-refractivity contribution in [1.82, 2.24) is 15.2 Å². The van der Waals surface area contributed by atoms with Crippen LogP contribution >= 0.6 is 0 Å². The molecule has 0 saturated carbocycles. The maximum absolute atomic E-state index is 13.1. The molecule has 28 heavy (non-hydrogen) atoms. The highest BCUT2D eigenvalue weighted by atomic mass is 19.4. The molecule has 0 amide bonds. The highest BCUT2D eigenvalue weighted by Gasteiger charge is 2.40. The van der Waals surface area contributed by atoms with Gasteiger partial charge in [-0.3, -0.25) is 0 Å². The second-order valence-corrected chi connectivity index (χ2v) is 7.97. The van der Waals surface area contributed by atoms with Crippen LogP contribution in [0.4, 0.5) is 24.8 Å². The van der Waals surface area contributed by atoms with Crippen LogP contribution in [-0.4, -0.2) is 40.9 Å². The van der Waals surface area contributed by atoms with E-state index in [9.17, 15) is 13.2 Å². The molecule has 5 rings (SSSR count). The van der Waals surface area contributed by atoms with Gasteiger partial charge >= 0.3 is 6.18 Å². The summed E-state index contributed by atoms with van der Waals surface area (Å²) in [5, 5.41) is 8.88. The lowest BCUT2D eigenvalue weighted by molar-refractivity contribution is -0.137. The Kier molecular flexibility index (Phi) is 4.17. The molecule has 0 radical (unpaired) electrons. The summed E-state index contributed by atoms with van der Waals surface area (Å²) in [7, 11) is 0. The van der Waals surface area contributed by atoms with E-state index >= 15 is 0 Å². The van der Waals surface area contributed by atoms with E-state index in [0.29, 0.717) is 18.3 Å². The fraction of sp³-hybridized carbons (Fsp3) is 0.550. The van der Waals surface area contributed by atoms with Gasteiger partial charge in [0.05, 0.1) is 17.3 Å². The van der Waals surface area contributed by atoms with Gasteiger partial charge in [-0.1, -0.05) is 0 Å². The number of piperidine rings is 1. The lowest BCUT2D eigenvalue weighted by atomic mass is 9.92. The Morgan fingerprint density at radius 1 is 1.00 bits per heavy atom. The molecule has 1 aliphatic carbocycles.